The summed E-state index contributed by atoms with van der Waals surface area (Å²) in [4.78, 5) is 15.1. The summed E-state index contributed by atoms with van der Waals surface area (Å²) in [5.41, 5.74) is 0. The maximum absolute atomic E-state index is 11.9. The molecule has 0 bridgehead atoms. The van der Waals surface area contributed by atoms with Gasteiger partial charge in [0.25, 0.3) is 5.91 Å². The number of hydrogen-bond acceptors (Lipinski definition) is 3. The van der Waals surface area contributed by atoms with E-state index in [2.05, 4.69) is 18.5 Å². The number of hydrogen-bond donors (Lipinski definition) is 1. The van der Waals surface area contributed by atoms with Gasteiger partial charge in [-0.3, -0.25) is 4.79 Å². The lowest BCUT2D eigenvalue weighted by Crippen LogP contribution is -2.31. The molecule has 0 aliphatic heterocycles. The number of amides is 1. The average Bonchev–Trinajstić information content (AvgIpc) is 2.63. The Morgan fingerprint density at radius 1 is 1.73 bits per heavy atom. The van der Waals surface area contributed by atoms with Crippen molar-refractivity contribution in [3.63, 3.8) is 0 Å². The zero-order chi connectivity index (χ0) is 11.3. The summed E-state index contributed by atoms with van der Waals surface area (Å²) in [5.74, 6) is 2.50. The van der Waals surface area contributed by atoms with E-state index in [1.54, 1.807) is 11.0 Å². The minimum atomic E-state index is 0.0000926. The second kappa shape index (κ2) is 5.84. The third-order valence-electron chi connectivity index (χ3n) is 1.86. The number of thiophene rings is 1. The van der Waals surface area contributed by atoms with Gasteiger partial charge in [0.2, 0.25) is 0 Å². The molecule has 0 aromatic carbocycles. The molecule has 0 fully saturated rings. The van der Waals surface area contributed by atoms with Gasteiger partial charge in [-0.1, -0.05) is 12.8 Å². The molecule has 0 radical (unpaired) electrons. The number of thiol groups is 1. The van der Waals surface area contributed by atoms with Crippen LogP contribution >= 0.6 is 24.0 Å². The Bertz CT molecular complexity index is 378. The van der Waals surface area contributed by atoms with E-state index in [-0.39, 0.29) is 5.91 Å². The van der Waals surface area contributed by atoms with Gasteiger partial charge in [-0.15, -0.1) is 30.4 Å². The first-order chi connectivity index (χ1) is 7.19. The van der Waals surface area contributed by atoms with Crippen LogP contribution in [0.15, 0.2) is 16.3 Å². The fourth-order valence-electron chi connectivity index (χ4n) is 1.23. The molecule has 1 aromatic heterocycles. The maximum atomic E-state index is 11.9. The monoisotopic (exact) mass is 239 g/mol. The number of carbonyl (C=O) groups is 1. The van der Waals surface area contributed by atoms with Crippen molar-refractivity contribution in [1.82, 2.24) is 4.90 Å². The molecule has 0 aliphatic carbocycles. The van der Waals surface area contributed by atoms with Gasteiger partial charge in [0, 0.05) is 16.8 Å². The summed E-state index contributed by atoms with van der Waals surface area (Å²) in [6.45, 7) is 3.09. The fraction of sp³-hybridized carbons (Fsp3) is 0.364. The highest BCUT2D eigenvalue weighted by Crippen LogP contribution is 2.19. The van der Waals surface area contributed by atoms with Gasteiger partial charge in [-0.25, -0.2) is 0 Å². The highest BCUT2D eigenvalue weighted by Gasteiger charge is 2.15. The van der Waals surface area contributed by atoms with E-state index in [4.69, 9.17) is 6.42 Å². The molecule has 1 heterocycles. The van der Waals surface area contributed by atoms with E-state index >= 15 is 0 Å². The zero-order valence-electron chi connectivity index (χ0n) is 8.56. The van der Waals surface area contributed by atoms with Crippen LogP contribution in [-0.4, -0.2) is 23.9 Å². The van der Waals surface area contributed by atoms with Crippen LogP contribution < -0.4 is 0 Å². The standard InChI is InChI=1S/C11H13NOS2/c1-3-5-12(6-4-2)11(13)10-7-9(14)8-15-10/h1,7-8,14H,4-6H2,2H3. The largest absolute Gasteiger partial charge is 0.327 e. The van der Waals surface area contributed by atoms with E-state index in [9.17, 15) is 4.79 Å². The van der Waals surface area contributed by atoms with Crippen molar-refractivity contribution in [1.29, 1.82) is 0 Å². The third-order valence-corrected chi connectivity index (χ3v) is 3.21. The van der Waals surface area contributed by atoms with Gasteiger partial charge < -0.3 is 4.90 Å². The van der Waals surface area contributed by atoms with E-state index in [1.165, 1.54) is 11.3 Å². The topological polar surface area (TPSA) is 20.3 Å². The lowest BCUT2D eigenvalue weighted by molar-refractivity contribution is 0.0781. The van der Waals surface area contributed by atoms with Crippen molar-refractivity contribution in [2.24, 2.45) is 0 Å². The van der Waals surface area contributed by atoms with Gasteiger partial charge >= 0.3 is 0 Å². The Labute approximate surface area is 99.7 Å². The molecule has 0 N–H and O–H groups in total. The van der Waals surface area contributed by atoms with E-state index < -0.39 is 0 Å². The van der Waals surface area contributed by atoms with Crippen molar-refractivity contribution < 1.29 is 4.79 Å². The normalized spacial score (nSPS) is 9.67. The van der Waals surface area contributed by atoms with Gasteiger partial charge in [-0.2, -0.15) is 0 Å². The minimum Gasteiger partial charge on any atom is -0.327 e. The van der Waals surface area contributed by atoms with Crippen LogP contribution in [0, 0.1) is 12.3 Å². The molecule has 0 aliphatic rings. The van der Waals surface area contributed by atoms with Crippen LogP contribution in [0.2, 0.25) is 0 Å². The number of terminal acetylenes is 1. The Hall–Kier alpha value is -0.920. The summed E-state index contributed by atoms with van der Waals surface area (Å²) in [6, 6.07) is 1.77. The Morgan fingerprint density at radius 2 is 2.47 bits per heavy atom. The summed E-state index contributed by atoms with van der Waals surface area (Å²) < 4.78 is 0. The molecule has 0 saturated heterocycles. The smallest absolute Gasteiger partial charge is 0.264 e. The maximum Gasteiger partial charge on any atom is 0.264 e. The van der Waals surface area contributed by atoms with Crippen LogP contribution in [0.4, 0.5) is 0 Å². The quantitative estimate of drug-likeness (QED) is 0.632. The molecular formula is C11H13NOS2. The van der Waals surface area contributed by atoms with Gasteiger partial charge in [0.15, 0.2) is 0 Å². The lowest BCUT2D eigenvalue weighted by atomic mass is 10.3. The summed E-state index contributed by atoms with van der Waals surface area (Å²) in [5, 5.41) is 1.84. The van der Waals surface area contributed by atoms with Crippen LogP contribution in [-0.2, 0) is 0 Å². The first-order valence-corrected chi connectivity index (χ1v) is 6.02. The summed E-state index contributed by atoms with van der Waals surface area (Å²) in [6.07, 6.45) is 6.13. The molecule has 1 aromatic rings. The van der Waals surface area contributed by atoms with Gasteiger partial charge in [0.05, 0.1) is 11.4 Å². The molecule has 4 heteroatoms. The van der Waals surface area contributed by atoms with Crippen molar-refractivity contribution >= 4 is 29.9 Å². The summed E-state index contributed by atoms with van der Waals surface area (Å²) >= 11 is 5.57. The molecule has 15 heavy (non-hydrogen) atoms. The molecule has 0 atom stereocenters. The number of rotatable bonds is 4. The van der Waals surface area contributed by atoms with Crippen LogP contribution in [0.25, 0.3) is 0 Å². The first-order valence-electron chi connectivity index (χ1n) is 4.69. The molecule has 0 spiro atoms. The van der Waals surface area contributed by atoms with E-state index in [0.29, 0.717) is 18.0 Å². The lowest BCUT2D eigenvalue weighted by Gasteiger charge is -2.18. The molecule has 0 unspecified atom stereocenters. The molecule has 80 valence electrons. The zero-order valence-corrected chi connectivity index (χ0v) is 10.3. The summed E-state index contributed by atoms with van der Waals surface area (Å²) in [7, 11) is 0. The van der Waals surface area contributed by atoms with Crippen molar-refractivity contribution in [3.05, 3.63) is 16.3 Å². The highest BCUT2D eigenvalue weighted by atomic mass is 32.1. The molecular weight excluding hydrogens is 226 g/mol. The van der Waals surface area contributed by atoms with Crippen LogP contribution in [0.3, 0.4) is 0 Å². The Kier molecular flexibility index (Phi) is 4.73. The van der Waals surface area contributed by atoms with Crippen molar-refractivity contribution in [2.45, 2.75) is 18.2 Å². The predicted octanol–water partition coefficient (Wildman–Crippen LogP) is 2.52. The van der Waals surface area contributed by atoms with E-state index in [0.717, 1.165) is 11.3 Å². The average molecular weight is 239 g/mol. The molecule has 1 amide bonds. The third kappa shape index (κ3) is 3.29. The highest BCUT2D eigenvalue weighted by molar-refractivity contribution is 7.80. The fourth-order valence-corrected chi connectivity index (χ4v) is 2.34. The van der Waals surface area contributed by atoms with Gasteiger partial charge in [-0.05, 0) is 12.5 Å². The number of nitrogens with zero attached hydrogens (tertiary/aromatic N) is 1. The molecule has 1 rings (SSSR count). The number of carbonyl (C=O) groups excluding carboxylic acids is 1. The molecule has 0 saturated carbocycles. The second-order valence-corrected chi connectivity index (χ2v) is 4.53. The Morgan fingerprint density at radius 3 is 2.93 bits per heavy atom. The first kappa shape index (κ1) is 12.2. The van der Waals surface area contributed by atoms with Crippen molar-refractivity contribution in [3.8, 4) is 12.3 Å². The van der Waals surface area contributed by atoms with Crippen molar-refractivity contribution in [2.75, 3.05) is 13.1 Å². The van der Waals surface area contributed by atoms with Gasteiger partial charge in [0.1, 0.15) is 0 Å². The Balaban J connectivity index is 2.76. The predicted molar refractivity (Wildman–Crippen MR) is 66.6 cm³/mol. The second-order valence-electron chi connectivity index (χ2n) is 3.10. The van der Waals surface area contributed by atoms with Crippen LogP contribution in [0.5, 0.6) is 0 Å². The van der Waals surface area contributed by atoms with Crippen LogP contribution in [0.1, 0.15) is 23.0 Å². The minimum absolute atomic E-state index is 0.0000926. The molecule has 2 nitrogen and oxygen atoms in total. The van der Waals surface area contributed by atoms with E-state index in [1.807, 2.05) is 12.3 Å². The SMILES string of the molecule is C#CCN(CCC)C(=O)c1cc(S)cs1.